The molecule has 2 aromatic heterocycles. The summed E-state index contributed by atoms with van der Waals surface area (Å²) in [6.45, 7) is 13.6. The largest absolute Gasteiger partial charge is 0.355 e. The van der Waals surface area contributed by atoms with E-state index in [0.717, 1.165) is 43.8 Å². The van der Waals surface area contributed by atoms with Gasteiger partial charge in [0.05, 0.1) is 10.2 Å². The first-order valence-corrected chi connectivity index (χ1v) is 13.8. The van der Waals surface area contributed by atoms with E-state index in [1.165, 1.54) is 31.8 Å². The molecular formula is C30H37N5S. The number of piperidine rings is 1. The van der Waals surface area contributed by atoms with Gasteiger partial charge < -0.3 is 15.5 Å². The van der Waals surface area contributed by atoms with Crippen molar-refractivity contribution >= 4 is 33.3 Å². The second kappa shape index (κ2) is 10.2. The highest BCUT2D eigenvalue weighted by atomic mass is 32.1. The molecule has 0 amide bonds. The van der Waals surface area contributed by atoms with E-state index in [1.54, 1.807) is 11.3 Å². The lowest BCUT2D eigenvalue weighted by Gasteiger charge is -2.34. The molecule has 1 fully saturated rings. The molecule has 1 aliphatic rings. The van der Waals surface area contributed by atoms with E-state index >= 15 is 0 Å². The molecule has 188 valence electrons. The first-order chi connectivity index (χ1) is 17.2. The van der Waals surface area contributed by atoms with Gasteiger partial charge in [-0.2, -0.15) is 4.98 Å². The molecule has 2 aromatic carbocycles. The van der Waals surface area contributed by atoms with Gasteiger partial charge in [-0.15, -0.1) is 11.3 Å². The Morgan fingerprint density at radius 3 is 2.19 bits per heavy atom. The number of fused-ring (bicyclic) bond motifs is 1. The lowest BCUT2D eigenvalue weighted by atomic mass is 10.0. The number of hydrogen-bond donors (Lipinski definition) is 2. The zero-order valence-corrected chi connectivity index (χ0v) is 22.9. The molecule has 0 atom stereocenters. The van der Waals surface area contributed by atoms with Crippen molar-refractivity contribution in [1.82, 2.24) is 15.3 Å². The Hall–Kier alpha value is -2.96. The first kappa shape index (κ1) is 24.7. The van der Waals surface area contributed by atoms with Crippen LogP contribution >= 0.6 is 11.3 Å². The van der Waals surface area contributed by atoms with Crippen molar-refractivity contribution in [3.63, 3.8) is 0 Å². The van der Waals surface area contributed by atoms with Crippen LogP contribution in [0.4, 0.5) is 11.8 Å². The minimum Gasteiger partial charge on any atom is -0.355 e. The number of nitrogens with zero attached hydrogens (tertiary/aromatic N) is 3. The predicted molar refractivity (Wildman–Crippen MR) is 154 cm³/mol. The van der Waals surface area contributed by atoms with E-state index in [1.807, 2.05) is 0 Å². The predicted octanol–water partition coefficient (Wildman–Crippen LogP) is 6.94. The molecule has 0 spiro atoms. The van der Waals surface area contributed by atoms with E-state index in [9.17, 15) is 0 Å². The van der Waals surface area contributed by atoms with Crippen LogP contribution in [0.2, 0.25) is 0 Å². The van der Waals surface area contributed by atoms with Crippen LogP contribution in [0.25, 0.3) is 20.7 Å². The van der Waals surface area contributed by atoms with Crippen molar-refractivity contribution in [2.75, 3.05) is 23.3 Å². The van der Waals surface area contributed by atoms with Gasteiger partial charge in [-0.05, 0) is 64.7 Å². The maximum Gasteiger partial charge on any atom is 0.225 e. The molecule has 5 nitrogen and oxygen atoms in total. The van der Waals surface area contributed by atoms with Gasteiger partial charge in [0.2, 0.25) is 5.95 Å². The summed E-state index contributed by atoms with van der Waals surface area (Å²) in [5, 5.41) is 7.27. The van der Waals surface area contributed by atoms with E-state index < -0.39 is 0 Å². The Balaban J connectivity index is 1.37. The maximum atomic E-state index is 5.05. The Morgan fingerprint density at radius 1 is 0.917 bits per heavy atom. The van der Waals surface area contributed by atoms with E-state index in [2.05, 4.69) is 105 Å². The molecule has 6 heteroatoms. The van der Waals surface area contributed by atoms with E-state index in [0.29, 0.717) is 12.0 Å². The molecule has 0 unspecified atom stereocenters. The van der Waals surface area contributed by atoms with Crippen LogP contribution in [0, 0.1) is 13.8 Å². The number of aryl methyl sites for hydroxylation is 2. The monoisotopic (exact) mass is 499 g/mol. The smallest absolute Gasteiger partial charge is 0.225 e. The second-order valence-electron chi connectivity index (χ2n) is 11.1. The van der Waals surface area contributed by atoms with Crippen LogP contribution < -0.4 is 15.5 Å². The summed E-state index contributed by atoms with van der Waals surface area (Å²) in [7, 11) is 0. The van der Waals surface area contributed by atoms with Gasteiger partial charge in [-0.25, -0.2) is 4.98 Å². The fourth-order valence-electron chi connectivity index (χ4n) is 4.64. The molecular weight excluding hydrogens is 462 g/mol. The van der Waals surface area contributed by atoms with Gasteiger partial charge in [-0.1, -0.05) is 59.7 Å². The first-order valence-electron chi connectivity index (χ1n) is 12.9. The second-order valence-corrected chi connectivity index (χ2v) is 12.1. The summed E-state index contributed by atoms with van der Waals surface area (Å²) in [5.74, 6) is 1.77. The molecule has 3 heterocycles. The Kier molecular flexibility index (Phi) is 7.00. The van der Waals surface area contributed by atoms with Crippen LogP contribution in [0.3, 0.4) is 0 Å². The minimum atomic E-state index is -0.104. The molecule has 1 saturated heterocycles. The summed E-state index contributed by atoms with van der Waals surface area (Å²) in [4.78, 5) is 13.7. The molecule has 0 aliphatic carbocycles. The van der Waals surface area contributed by atoms with Crippen molar-refractivity contribution in [2.24, 2.45) is 0 Å². The highest BCUT2D eigenvalue weighted by Gasteiger charge is 2.24. The van der Waals surface area contributed by atoms with Crippen molar-refractivity contribution < 1.29 is 0 Å². The van der Waals surface area contributed by atoms with Gasteiger partial charge in [0.15, 0.2) is 5.82 Å². The zero-order chi connectivity index (χ0) is 25.3. The third-order valence-electron chi connectivity index (χ3n) is 6.69. The van der Waals surface area contributed by atoms with Gasteiger partial charge in [0.25, 0.3) is 0 Å². The summed E-state index contributed by atoms with van der Waals surface area (Å²) in [5.41, 5.74) is 6.08. The number of aromatic nitrogens is 2. The summed E-state index contributed by atoms with van der Waals surface area (Å²) >= 11 is 1.80. The van der Waals surface area contributed by atoms with Crippen LogP contribution in [-0.4, -0.2) is 34.6 Å². The lowest BCUT2D eigenvalue weighted by Crippen LogP contribution is -2.42. The molecule has 1 aliphatic heterocycles. The fraction of sp³-hybridized carbons (Fsp3) is 0.400. The molecule has 4 aromatic rings. The minimum absolute atomic E-state index is 0.104. The number of rotatable bonds is 6. The number of thiophene rings is 1. The van der Waals surface area contributed by atoms with Crippen molar-refractivity contribution in [3.05, 3.63) is 71.3 Å². The maximum absolute atomic E-state index is 5.05. The molecule has 0 bridgehead atoms. The number of nitrogens with one attached hydrogen (secondary N) is 2. The average Bonchev–Trinajstić information content (AvgIpc) is 3.27. The highest BCUT2D eigenvalue weighted by Crippen LogP contribution is 2.39. The third-order valence-corrected chi connectivity index (χ3v) is 7.86. The Bertz CT molecular complexity index is 1310. The third kappa shape index (κ3) is 5.88. The van der Waals surface area contributed by atoms with Gasteiger partial charge in [0.1, 0.15) is 0 Å². The van der Waals surface area contributed by atoms with Gasteiger partial charge >= 0.3 is 0 Å². The quantitative estimate of drug-likeness (QED) is 0.301. The number of benzene rings is 2. The zero-order valence-electron chi connectivity index (χ0n) is 22.1. The van der Waals surface area contributed by atoms with Crippen LogP contribution in [0.1, 0.15) is 50.3 Å². The van der Waals surface area contributed by atoms with Gasteiger partial charge in [0, 0.05) is 36.1 Å². The van der Waals surface area contributed by atoms with Crippen molar-refractivity contribution in [1.29, 1.82) is 0 Å². The average molecular weight is 500 g/mol. The van der Waals surface area contributed by atoms with Crippen LogP contribution in [-0.2, 0) is 6.54 Å². The van der Waals surface area contributed by atoms with Gasteiger partial charge in [-0.3, -0.25) is 0 Å². The SMILES string of the molecule is Cc1ccc(CNC2CCN(c3nc(NC(C)(C)C)nc4cc(-c5ccc(C)cc5)sc34)CC2)cc1. The van der Waals surface area contributed by atoms with Crippen molar-refractivity contribution in [3.8, 4) is 10.4 Å². The molecule has 5 rings (SSSR count). The lowest BCUT2D eigenvalue weighted by molar-refractivity contribution is 0.413. The molecule has 36 heavy (non-hydrogen) atoms. The number of hydrogen-bond acceptors (Lipinski definition) is 6. The number of anilines is 2. The standard InChI is InChI=1S/C30H37N5S/c1-20-6-10-22(11-7-20)19-31-24-14-16-35(17-15-24)28-27-25(32-29(33-28)34-30(3,4)5)18-26(36-27)23-12-8-21(2)9-13-23/h6-13,18,24,31H,14-17,19H2,1-5H3,(H,32,33,34). The van der Waals surface area contributed by atoms with Crippen molar-refractivity contribution in [2.45, 2.75) is 65.6 Å². The van der Waals surface area contributed by atoms with Crippen LogP contribution in [0.15, 0.2) is 54.6 Å². The van der Waals surface area contributed by atoms with Crippen LogP contribution in [0.5, 0.6) is 0 Å². The summed E-state index contributed by atoms with van der Waals surface area (Å²) in [6, 6.07) is 20.3. The molecule has 0 radical (unpaired) electrons. The normalized spacial score (nSPS) is 15.0. The molecule has 0 saturated carbocycles. The summed E-state index contributed by atoms with van der Waals surface area (Å²) < 4.78 is 1.18. The fourth-order valence-corrected chi connectivity index (χ4v) is 5.76. The topological polar surface area (TPSA) is 53.1 Å². The Labute approximate surface area is 219 Å². The van der Waals surface area contributed by atoms with E-state index in [-0.39, 0.29) is 5.54 Å². The van der Waals surface area contributed by atoms with E-state index in [4.69, 9.17) is 9.97 Å². The molecule has 2 N–H and O–H groups in total. The highest BCUT2D eigenvalue weighted by molar-refractivity contribution is 7.22. The Morgan fingerprint density at radius 2 is 1.56 bits per heavy atom. The summed E-state index contributed by atoms with van der Waals surface area (Å²) in [6.07, 6.45) is 2.21.